The number of allylic oxidation sites excluding steroid dienone is 2. The Morgan fingerprint density at radius 2 is 2.06 bits per heavy atom. The standard InChI is InChI=1S/C13H13Cl3/c14-11-5-1-3-9(8-11)7-10-4-2-6-12(15)13(10)16/h2,4,6,8,11H,1,3,5,7H2. The van der Waals surface area contributed by atoms with E-state index in [1.54, 1.807) is 0 Å². The minimum Gasteiger partial charge on any atom is -0.118 e. The minimum atomic E-state index is 0.182. The minimum absolute atomic E-state index is 0.182. The van der Waals surface area contributed by atoms with Crippen molar-refractivity contribution in [2.24, 2.45) is 0 Å². The average Bonchev–Trinajstić information content (AvgIpc) is 2.25. The van der Waals surface area contributed by atoms with E-state index in [2.05, 4.69) is 6.08 Å². The topological polar surface area (TPSA) is 0 Å². The lowest BCUT2D eigenvalue weighted by atomic mass is 9.94. The number of halogens is 3. The van der Waals surface area contributed by atoms with Gasteiger partial charge in [0.25, 0.3) is 0 Å². The molecule has 0 saturated heterocycles. The zero-order valence-electron chi connectivity index (χ0n) is 8.85. The summed E-state index contributed by atoms with van der Waals surface area (Å²) < 4.78 is 0. The Bertz CT molecular complexity index is 410. The van der Waals surface area contributed by atoms with Gasteiger partial charge in [-0.25, -0.2) is 0 Å². The molecule has 0 N–H and O–H groups in total. The fourth-order valence-corrected chi connectivity index (χ4v) is 2.74. The number of rotatable bonds is 2. The first-order valence-corrected chi connectivity index (χ1v) is 6.62. The fraction of sp³-hybridized carbons (Fsp3) is 0.385. The first-order valence-electron chi connectivity index (χ1n) is 5.43. The number of alkyl halides is 1. The van der Waals surface area contributed by atoms with Crippen molar-refractivity contribution in [3.05, 3.63) is 45.5 Å². The van der Waals surface area contributed by atoms with E-state index < -0.39 is 0 Å². The highest BCUT2D eigenvalue weighted by molar-refractivity contribution is 6.42. The van der Waals surface area contributed by atoms with E-state index in [1.807, 2.05) is 18.2 Å². The predicted octanol–water partition coefficient (Wildman–Crippen LogP) is 5.25. The van der Waals surface area contributed by atoms with Crippen LogP contribution < -0.4 is 0 Å². The van der Waals surface area contributed by atoms with Crippen LogP contribution >= 0.6 is 34.8 Å². The van der Waals surface area contributed by atoms with Crippen molar-refractivity contribution >= 4 is 34.8 Å². The van der Waals surface area contributed by atoms with Crippen LogP contribution in [0, 0.1) is 0 Å². The maximum absolute atomic E-state index is 6.16. The van der Waals surface area contributed by atoms with Crippen molar-refractivity contribution in [2.75, 3.05) is 0 Å². The molecule has 0 aliphatic heterocycles. The Kier molecular flexibility index (Phi) is 4.18. The molecule has 0 heterocycles. The Balaban J connectivity index is 2.17. The van der Waals surface area contributed by atoms with Crippen molar-refractivity contribution in [1.82, 2.24) is 0 Å². The molecule has 1 aromatic carbocycles. The molecule has 0 radical (unpaired) electrons. The molecule has 86 valence electrons. The molecule has 1 aliphatic rings. The third-order valence-corrected chi connectivity index (χ3v) is 4.05. The highest BCUT2D eigenvalue weighted by Crippen LogP contribution is 2.30. The molecule has 0 nitrogen and oxygen atoms in total. The van der Waals surface area contributed by atoms with E-state index in [0.717, 1.165) is 31.2 Å². The van der Waals surface area contributed by atoms with Crippen LogP contribution in [0.1, 0.15) is 24.8 Å². The second-order valence-corrected chi connectivity index (χ2v) is 5.47. The Morgan fingerprint density at radius 1 is 1.25 bits per heavy atom. The molecule has 3 heteroatoms. The molecular formula is C13H13Cl3. The van der Waals surface area contributed by atoms with Crippen LogP contribution in [0.25, 0.3) is 0 Å². The smallest absolute Gasteiger partial charge is 0.0627 e. The lowest BCUT2D eigenvalue weighted by Crippen LogP contribution is -2.05. The van der Waals surface area contributed by atoms with Gasteiger partial charge in [-0.05, 0) is 37.3 Å². The average molecular weight is 276 g/mol. The van der Waals surface area contributed by atoms with Crippen molar-refractivity contribution in [2.45, 2.75) is 31.1 Å². The van der Waals surface area contributed by atoms with Crippen LogP contribution in [0.3, 0.4) is 0 Å². The van der Waals surface area contributed by atoms with Gasteiger partial charge in [0.1, 0.15) is 0 Å². The van der Waals surface area contributed by atoms with Gasteiger partial charge in [0, 0.05) is 0 Å². The first kappa shape index (κ1) is 12.3. The number of benzene rings is 1. The van der Waals surface area contributed by atoms with Crippen molar-refractivity contribution in [3.63, 3.8) is 0 Å². The molecule has 1 aromatic rings. The summed E-state index contributed by atoms with van der Waals surface area (Å²) in [7, 11) is 0. The molecule has 0 amide bonds. The maximum Gasteiger partial charge on any atom is 0.0627 e. The molecule has 0 aromatic heterocycles. The van der Waals surface area contributed by atoms with Gasteiger partial charge >= 0.3 is 0 Å². The molecule has 16 heavy (non-hydrogen) atoms. The van der Waals surface area contributed by atoms with E-state index in [-0.39, 0.29) is 5.38 Å². The fourth-order valence-electron chi connectivity index (χ4n) is 2.02. The van der Waals surface area contributed by atoms with Crippen molar-refractivity contribution in [1.29, 1.82) is 0 Å². The molecule has 1 atom stereocenters. The van der Waals surface area contributed by atoms with Crippen LogP contribution in [-0.2, 0) is 6.42 Å². The Hall–Kier alpha value is -0.170. The van der Waals surface area contributed by atoms with Gasteiger partial charge in [-0.3, -0.25) is 0 Å². The van der Waals surface area contributed by atoms with Gasteiger partial charge in [0.05, 0.1) is 15.4 Å². The van der Waals surface area contributed by atoms with Crippen LogP contribution in [0.15, 0.2) is 29.8 Å². The first-order chi connectivity index (χ1) is 7.66. The third-order valence-electron chi connectivity index (χ3n) is 2.84. The zero-order chi connectivity index (χ0) is 11.5. The summed E-state index contributed by atoms with van der Waals surface area (Å²) in [6.45, 7) is 0. The second-order valence-electron chi connectivity index (χ2n) is 4.12. The highest BCUT2D eigenvalue weighted by atomic mass is 35.5. The lowest BCUT2D eigenvalue weighted by Gasteiger charge is -2.17. The summed E-state index contributed by atoms with van der Waals surface area (Å²) in [4.78, 5) is 0. The summed E-state index contributed by atoms with van der Waals surface area (Å²) in [6.07, 6.45) is 6.38. The van der Waals surface area contributed by atoms with Gasteiger partial charge in [-0.1, -0.05) is 47.0 Å². The van der Waals surface area contributed by atoms with E-state index in [1.165, 1.54) is 5.57 Å². The monoisotopic (exact) mass is 274 g/mol. The Labute approximate surface area is 111 Å². The quantitative estimate of drug-likeness (QED) is 0.510. The number of hydrogen-bond acceptors (Lipinski definition) is 0. The molecule has 2 rings (SSSR count). The van der Waals surface area contributed by atoms with E-state index in [0.29, 0.717) is 10.0 Å². The van der Waals surface area contributed by atoms with Gasteiger partial charge in [0.15, 0.2) is 0 Å². The van der Waals surface area contributed by atoms with Crippen molar-refractivity contribution < 1.29 is 0 Å². The third kappa shape index (κ3) is 2.94. The molecule has 1 aliphatic carbocycles. The maximum atomic E-state index is 6.16. The molecule has 0 spiro atoms. The normalized spacial score (nSPS) is 20.7. The number of hydrogen-bond donors (Lipinski definition) is 0. The highest BCUT2D eigenvalue weighted by Gasteiger charge is 2.13. The van der Waals surface area contributed by atoms with Gasteiger partial charge in [0.2, 0.25) is 0 Å². The SMILES string of the molecule is Clc1cccc(CC2=CC(Cl)CCC2)c1Cl. The molecular weight excluding hydrogens is 263 g/mol. The van der Waals surface area contributed by atoms with Crippen LogP contribution in [-0.4, -0.2) is 5.38 Å². The van der Waals surface area contributed by atoms with Gasteiger partial charge < -0.3 is 0 Å². The molecule has 0 bridgehead atoms. The molecule has 1 unspecified atom stereocenters. The van der Waals surface area contributed by atoms with Crippen molar-refractivity contribution in [3.8, 4) is 0 Å². The summed E-state index contributed by atoms with van der Waals surface area (Å²) >= 11 is 18.3. The van der Waals surface area contributed by atoms with E-state index in [9.17, 15) is 0 Å². The van der Waals surface area contributed by atoms with Crippen LogP contribution in [0.4, 0.5) is 0 Å². The predicted molar refractivity (Wildman–Crippen MR) is 71.7 cm³/mol. The van der Waals surface area contributed by atoms with Crippen LogP contribution in [0.5, 0.6) is 0 Å². The largest absolute Gasteiger partial charge is 0.118 e. The van der Waals surface area contributed by atoms with E-state index >= 15 is 0 Å². The summed E-state index contributed by atoms with van der Waals surface area (Å²) in [5.41, 5.74) is 2.46. The molecule has 0 saturated carbocycles. The van der Waals surface area contributed by atoms with Crippen LogP contribution in [0.2, 0.25) is 10.0 Å². The molecule has 0 fully saturated rings. The van der Waals surface area contributed by atoms with Gasteiger partial charge in [-0.15, -0.1) is 11.6 Å². The zero-order valence-corrected chi connectivity index (χ0v) is 11.1. The van der Waals surface area contributed by atoms with Gasteiger partial charge in [-0.2, -0.15) is 0 Å². The summed E-state index contributed by atoms with van der Waals surface area (Å²) in [6, 6.07) is 5.77. The second kappa shape index (κ2) is 5.44. The van der Waals surface area contributed by atoms with E-state index in [4.69, 9.17) is 34.8 Å². The summed E-state index contributed by atoms with van der Waals surface area (Å²) in [5.74, 6) is 0. The Morgan fingerprint density at radius 3 is 2.81 bits per heavy atom. The lowest BCUT2D eigenvalue weighted by molar-refractivity contribution is 0.693. The summed E-state index contributed by atoms with van der Waals surface area (Å²) in [5, 5.41) is 1.47.